The highest BCUT2D eigenvalue weighted by atomic mass is 16.5. The van der Waals surface area contributed by atoms with E-state index in [4.69, 9.17) is 9.72 Å². The zero-order valence-electron chi connectivity index (χ0n) is 21.0. The predicted molar refractivity (Wildman–Crippen MR) is 139 cm³/mol. The van der Waals surface area contributed by atoms with Crippen LogP contribution in [0.4, 0.5) is 5.82 Å². The van der Waals surface area contributed by atoms with Crippen molar-refractivity contribution in [2.24, 2.45) is 7.05 Å². The molecule has 2 fully saturated rings. The molecule has 2 aromatic heterocycles. The van der Waals surface area contributed by atoms with E-state index in [0.717, 1.165) is 35.0 Å². The SMILES string of the molecule is COCCC(=O)N1CCN(c2nc(C3CC3)c(-c3cn(C)c(=O)c4ccccc34)cc2C#N)CC1C. The summed E-state index contributed by atoms with van der Waals surface area (Å²) in [5, 5.41) is 11.7. The van der Waals surface area contributed by atoms with Crippen molar-refractivity contribution in [2.75, 3.05) is 38.3 Å². The first-order valence-electron chi connectivity index (χ1n) is 12.5. The number of hydrogen-bond donors (Lipinski definition) is 0. The fraction of sp³-hybridized carbons (Fsp3) is 0.429. The van der Waals surface area contributed by atoms with Crippen LogP contribution in [0.25, 0.3) is 21.9 Å². The van der Waals surface area contributed by atoms with Gasteiger partial charge in [0.25, 0.3) is 5.56 Å². The van der Waals surface area contributed by atoms with Gasteiger partial charge in [0.15, 0.2) is 0 Å². The standard InChI is InChI=1S/C28H31N5O3/c1-18-16-32(11-12-33(18)25(34)10-13-36-3)27-20(15-29)14-23(26(30-27)19-8-9-19)24-17-31(2)28(35)22-7-5-4-6-21(22)24/h4-7,14,17-19H,8-13,16H2,1-3H3. The Labute approximate surface area is 210 Å². The molecule has 3 heterocycles. The molecule has 36 heavy (non-hydrogen) atoms. The summed E-state index contributed by atoms with van der Waals surface area (Å²) in [6.07, 6.45) is 4.36. The molecule has 1 aliphatic carbocycles. The topological polar surface area (TPSA) is 91.5 Å². The molecule has 0 N–H and O–H groups in total. The molecule has 1 saturated heterocycles. The Bertz CT molecular complexity index is 1420. The molecular weight excluding hydrogens is 454 g/mol. The van der Waals surface area contributed by atoms with E-state index in [1.165, 1.54) is 0 Å². The monoisotopic (exact) mass is 485 g/mol. The van der Waals surface area contributed by atoms with Gasteiger partial charge in [0, 0.05) is 68.5 Å². The molecule has 0 bridgehead atoms. The molecule has 2 aliphatic rings. The quantitative estimate of drug-likeness (QED) is 0.531. The lowest BCUT2D eigenvalue weighted by molar-refractivity contribution is -0.134. The van der Waals surface area contributed by atoms with Crippen LogP contribution >= 0.6 is 0 Å². The summed E-state index contributed by atoms with van der Waals surface area (Å²) < 4.78 is 6.67. The second-order valence-corrected chi connectivity index (χ2v) is 9.81. The largest absolute Gasteiger partial charge is 0.384 e. The fourth-order valence-corrected chi connectivity index (χ4v) is 5.21. The highest BCUT2D eigenvalue weighted by Crippen LogP contribution is 2.45. The lowest BCUT2D eigenvalue weighted by atomic mass is 9.96. The average molecular weight is 486 g/mol. The number of rotatable bonds is 6. The summed E-state index contributed by atoms with van der Waals surface area (Å²) in [6.45, 7) is 4.28. The Morgan fingerprint density at radius 3 is 2.61 bits per heavy atom. The summed E-state index contributed by atoms with van der Waals surface area (Å²) in [7, 11) is 3.36. The van der Waals surface area contributed by atoms with E-state index < -0.39 is 0 Å². The van der Waals surface area contributed by atoms with E-state index in [1.807, 2.05) is 48.4 Å². The van der Waals surface area contributed by atoms with Crippen LogP contribution in [0.5, 0.6) is 0 Å². The Hall–Kier alpha value is -3.70. The first-order chi connectivity index (χ1) is 17.4. The number of aromatic nitrogens is 2. The zero-order chi connectivity index (χ0) is 25.4. The van der Waals surface area contributed by atoms with Gasteiger partial charge in [-0.15, -0.1) is 0 Å². The Balaban J connectivity index is 1.55. The molecule has 1 aliphatic heterocycles. The Morgan fingerprint density at radius 2 is 1.94 bits per heavy atom. The number of pyridine rings is 2. The van der Waals surface area contributed by atoms with Gasteiger partial charge < -0.3 is 19.1 Å². The maximum atomic E-state index is 12.7. The summed E-state index contributed by atoms with van der Waals surface area (Å²) in [5.41, 5.74) is 3.30. The number of fused-ring (bicyclic) bond motifs is 1. The first-order valence-corrected chi connectivity index (χ1v) is 12.5. The van der Waals surface area contributed by atoms with Crippen LogP contribution in [0.2, 0.25) is 0 Å². The highest BCUT2D eigenvalue weighted by molar-refractivity contribution is 5.97. The number of anilines is 1. The van der Waals surface area contributed by atoms with E-state index in [-0.39, 0.29) is 17.5 Å². The van der Waals surface area contributed by atoms with Gasteiger partial charge in [-0.25, -0.2) is 4.98 Å². The first kappa shape index (κ1) is 24.0. The minimum Gasteiger partial charge on any atom is -0.384 e. The molecule has 0 spiro atoms. The number of nitrogens with zero attached hydrogens (tertiary/aromatic N) is 5. The van der Waals surface area contributed by atoms with Crippen molar-refractivity contribution in [2.45, 2.75) is 38.1 Å². The molecule has 8 nitrogen and oxygen atoms in total. The van der Waals surface area contributed by atoms with Crippen LogP contribution < -0.4 is 10.5 Å². The van der Waals surface area contributed by atoms with Crippen molar-refractivity contribution in [3.8, 4) is 17.2 Å². The van der Waals surface area contributed by atoms with Crippen molar-refractivity contribution in [1.29, 1.82) is 5.26 Å². The molecule has 5 rings (SSSR count). The summed E-state index contributed by atoms with van der Waals surface area (Å²) in [5.74, 6) is 1.12. The molecule has 8 heteroatoms. The van der Waals surface area contributed by atoms with Crippen LogP contribution in [-0.4, -0.2) is 59.8 Å². The number of carbonyl (C=O) groups excluding carboxylic acids is 1. The van der Waals surface area contributed by atoms with Gasteiger partial charge in [0.1, 0.15) is 11.9 Å². The molecule has 1 saturated carbocycles. The molecule has 1 unspecified atom stereocenters. The third kappa shape index (κ3) is 4.35. The number of piperazine rings is 1. The lowest BCUT2D eigenvalue weighted by Gasteiger charge is -2.41. The van der Waals surface area contributed by atoms with Gasteiger partial charge in [-0.1, -0.05) is 18.2 Å². The van der Waals surface area contributed by atoms with Crippen LogP contribution in [0, 0.1) is 11.3 Å². The molecule has 1 atom stereocenters. The van der Waals surface area contributed by atoms with Gasteiger partial charge in [-0.3, -0.25) is 9.59 Å². The predicted octanol–water partition coefficient (Wildman–Crippen LogP) is 3.42. The molecule has 1 amide bonds. The molecule has 186 valence electrons. The smallest absolute Gasteiger partial charge is 0.258 e. The third-order valence-corrected chi connectivity index (χ3v) is 7.26. The highest BCUT2D eigenvalue weighted by Gasteiger charge is 2.33. The molecular formula is C28H31N5O3. The zero-order valence-corrected chi connectivity index (χ0v) is 21.0. The van der Waals surface area contributed by atoms with Crippen LogP contribution in [0.1, 0.15) is 43.4 Å². The van der Waals surface area contributed by atoms with Gasteiger partial charge >= 0.3 is 0 Å². The van der Waals surface area contributed by atoms with Crippen LogP contribution in [0.3, 0.4) is 0 Å². The van der Waals surface area contributed by atoms with Crippen molar-refractivity contribution in [3.63, 3.8) is 0 Å². The summed E-state index contributed by atoms with van der Waals surface area (Å²) >= 11 is 0. The van der Waals surface area contributed by atoms with E-state index in [9.17, 15) is 14.9 Å². The average Bonchev–Trinajstić information content (AvgIpc) is 3.74. The minimum atomic E-state index is -0.0423. The van der Waals surface area contributed by atoms with E-state index in [1.54, 1.807) is 18.7 Å². The third-order valence-electron chi connectivity index (χ3n) is 7.26. The van der Waals surface area contributed by atoms with Crippen molar-refractivity contribution in [1.82, 2.24) is 14.5 Å². The molecule has 3 aromatic rings. The molecule has 1 aromatic carbocycles. The second kappa shape index (κ2) is 9.75. The number of aryl methyl sites for hydroxylation is 1. The van der Waals surface area contributed by atoms with Gasteiger partial charge in [0.2, 0.25) is 5.91 Å². The second-order valence-electron chi connectivity index (χ2n) is 9.81. The van der Waals surface area contributed by atoms with Crippen molar-refractivity contribution >= 4 is 22.5 Å². The Morgan fingerprint density at radius 1 is 1.19 bits per heavy atom. The number of carbonyl (C=O) groups is 1. The number of ether oxygens (including phenoxy) is 1. The maximum absolute atomic E-state index is 12.7. The maximum Gasteiger partial charge on any atom is 0.258 e. The van der Waals surface area contributed by atoms with E-state index >= 15 is 0 Å². The summed E-state index contributed by atoms with van der Waals surface area (Å²) in [6, 6.07) is 11.9. The van der Waals surface area contributed by atoms with Crippen LogP contribution in [-0.2, 0) is 16.6 Å². The van der Waals surface area contributed by atoms with Crippen molar-refractivity contribution < 1.29 is 9.53 Å². The normalized spacial score (nSPS) is 17.9. The fourth-order valence-electron chi connectivity index (χ4n) is 5.21. The van der Waals surface area contributed by atoms with E-state index in [0.29, 0.717) is 55.3 Å². The lowest BCUT2D eigenvalue weighted by Crippen LogP contribution is -2.54. The van der Waals surface area contributed by atoms with Gasteiger partial charge in [-0.05, 0) is 37.3 Å². The molecule has 0 radical (unpaired) electrons. The Kier molecular flexibility index (Phi) is 6.50. The number of methoxy groups -OCH3 is 1. The number of amides is 1. The number of hydrogen-bond acceptors (Lipinski definition) is 6. The minimum absolute atomic E-state index is 0.00749. The van der Waals surface area contributed by atoms with Gasteiger partial charge in [-0.2, -0.15) is 5.26 Å². The number of nitriles is 1. The van der Waals surface area contributed by atoms with Crippen molar-refractivity contribution in [3.05, 3.63) is 58.1 Å². The summed E-state index contributed by atoms with van der Waals surface area (Å²) in [4.78, 5) is 34.5. The number of benzene rings is 1. The van der Waals surface area contributed by atoms with Gasteiger partial charge in [0.05, 0.1) is 24.3 Å². The van der Waals surface area contributed by atoms with E-state index in [2.05, 4.69) is 11.0 Å². The van der Waals surface area contributed by atoms with Crippen LogP contribution in [0.15, 0.2) is 41.3 Å².